The van der Waals surface area contributed by atoms with Crippen LogP contribution in [0.1, 0.15) is 33.1 Å². The van der Waals surface area contributed by atoms with Crippen molar-refractivity contribution in [3.05, 3.63) is 12.2 Å². The number of hydrogen-bond acceptors (Lipinski definition) is 1. The maximum Gasteiger partial charge on any atom is 0.120 e. The number of carbonyl (C=O) groups excluding carboxylic acids is 1. The standard InChI is InChI=1S/C10H16O/c1-8(2)9-4-5-10(9,3)6-7-11/h7,9H,1,4-6H2,2-3H3. The lowest BCUT2D eigenvalue weighted by molar-refractivity contribution is -0.111. The Kier molecular flexibility index (Phi) is 2.17. The third-order valence-corrected chi connectivity index (χ3v) is 2.99. The summed E-state index contributed by atoms with van der Waals surface area (Å²) in [6.07, 6.45) is 4.14. The van der Waals surface area contributed by atoms with E-state index in [1.165, 1.54) is 18.4 Å². The van der Waals surface area contributed by atoms with E-state index in [4.69, 9.17) is 0 Å². The van der Waals surface area contributed by atoms with E-state index < -0.39 is 0 Å². The molecule has 1 fully saturated rings. The summed E-state index contributed by atoms with van der Waals surface area (Å²) < 4.78 is 0. The van der Waals surface area contributed by atoms with E-state index in [2.05, 4.69) is 20.4 Å². The second-order valence-electron chi connectivity index (χ2n) is 3.96. The molecule has 11 heavy (non-hydrogen) atoms. The molecule has 1 aliphatic carbocycles. The van der Waals surface area contributed by atoms with Gasteiger partial charge in [0.05, 0.1) is 0 Å². The van der Waals surface area contributed by atoms with E-state index in [-0.39, 0.29) is 5.41 Å². The zero-order valence-corrected chi connectivity index (χ0v) is 7.39. The molecule has 1 nitrogen and oxygen atoms in total. The van der Waals surface area contributed by atoms with Gasteiger partial charge in [-0.25, -0.2) is 0 Å². The van der Waals surface area contributed by atoms with E-state index >= 15 is 0 Å². The first-order valence-corrected chi connectivity index (χ1v) is 4.19. The molecule has 0 bridgehead atoms. The SMILES string of the molecule is C=C(C)C1CCC1(C)CC=O. The van der Waals surface area contributed by atoms with Crippen LogP contribution in [-0.2, 0) is 4.79 Å². The summed E-state index contributed by atoms with van der Waals surface area (Å²) >= 11 is 0. The lowest BCUT2D eigenvalue weighted by atomic mass is 9.58. The molecule has 62 valence electrons. The monoisotopic (exact) mass is 152 g/mol. The Balaban J connectivity index is 2.58. The van der Waals surface area contributed by atoms with Crippen molar-refractivity contribution in [1.82, 2.24) is 0 Å². The van der Waals surface area contributed by atoms with Crippen LogP contribution in [0.15, 0.2) is 12.2 Å². The molecule has 0 spiro atoms. The van der Waals surface area contributed by atoms with Crippen LogP contribution in [0.3, 0.4) is 0 Å². The van der Waals surface area contributed by atoms with Crippen LogP contribution in [0.2, 0.25) is 0 Å². The third kappa shape index (κ3) is 1.37. The molecule has 1 rings (SSSR count). The van der Waals surface area contributed by atoms with Crippen LogP contribution < -0.4 is 0 Å². The van der Waals surface area contributed by atoms with E-state index in [1.807, 2.05) is 0 Å². The second kappa shape index (κ2) is 2.80. The first-order chi connectivity index (χ1) is 5.10. The Morgan fingerprint density at radius 2 is 2.45 bits per heavy atom. The Morgan fingerprint density at radius 1 is 1.82 bits per heavy atom. The number of hydrogen-bond donors (Lipinski definition) is 0. The summed E-state index contributed by atoms with van der Waals surface area (Å²) in [5, 5.41) is 0. The molecule has 0 aromatic carbocycles. The molecule has 0 aliphatic heterocycles. The summed E-state index contributed by atoms with van der Waals surface area (Å²) in [6.45, 7) is 8.19. The highest BCUT2D eigenvalue weighted by atomic mass is 16.1. The van der Waals surface area contributed by atoms with Gasteiger partial charge in [-0.2, -0.15) is 0 Å². The molecule has 0 amide bonds. The van der Waals surface area contributed by atoms with E-state index in [0.717, 1.165) is 6.29 Å². The minimum atomic E-state index is 0.244. The van der Waals surface area contributed by atoms with Gasteiger partial charge in [-0.15, -0.1) is 0 Å². The van der Waals surface area contributed by atoms with Gasteiger partial charge in [0.1, 0.15) is 6.29 Å². The Hall–Kier alpha value is -0.590. The zero-order chi connectivity index (χ0) is 8.48. The van der Waals surface area contributed by atoms with Crippen molar-refractivity contribution >= 4 is 6.29 Å². The Labute approximate surface area is 68.5 Å². The summed E-state index contributed by atoms with van der Waals surface area (Å²) in [7, 11) is 0. The van der Waals surface area contributed by atoms with Gasteiger partial charge in [-0.05, 0) is 31.1 Å². The molecule has 0 aromatic rings. The minimum absolute atomic E-state index is 0.244. The molecule has 0 radical (unpaired) electrons. The van der Waals surface area contributed by atoms with Gasteiger partial charge in [-0.3, -0.25) is 0 Å². The van der Waals surface area contributed by atoms with Crippen molar-refractivity contribution in [2.45, 2.75) is 33.1 Å². The second-order valence-corrected chi connectivity index (χ2v) is 3.96. The molecule has 0 N–H and O–H groups in total. The molecule has 2 unspecified atom stereocenters. The van der Waals surface area contributed by atoms with E-state index in [9.17, 15) is 4.79 Å². The summed E-state index contributed by atoms with van der Waals surface area (Å²) in [5.41, 5.74) is 1.48. The van der Waals surface area contributed by atoms with Gasteiger partial charge in [0.25, 0.3) is 0 Å². The molecule has 1 saturated carbocycles. The summed E-state index contributed by atoms with van der Waals surface area (Å²) in [5.74, 6) is 0.590. The van der Waals surface area contributed by atoms with Gasteiger partial charge in [-0.1, -0.05) is 19.1 Å². The molecule has 2 atom stereocenters. The number of rotatable bonds is 3. The van der Waals surface area contributed by atoms with Crippen LogP contribution in [0.25, 0.3) is 0 Å². The van der Waals surface area contributed by atoms with Crippen molar-refractivity contribution in [2.24, 2.45) is 11.3 Å². The molecular weight excluding hydrogens is 136 g/mol. The van der Waals surface area contributed by atoms with E-state index in [0.29, 0.717) is 12.3 Å². The molecule has 0 saturated heterocycles. The van der Waals surface area contributed by atoms with Gasteiger partial charge in [0.2, 0.25) is 0 Å². The van der Waals surface area contributed by atoms with Crippen LogP contribution in [0.4, 0.5) is 0 Å². The maximum atomic E-state index is 10.4. The number of carbonyl (C=O) groups is 1. The molecule has 0 heterocycles. The topological polar surface area (TPSA) is 17.1 Å². The van der Waals surface area contributed by atoms with E-state index in [1.54, 1.807) is 0 Å². The number of allylic oxidation sites excluding steroid dienone is 1. The van der Waals surface area contributed by atoms with Crippen LogP contribution in [0, 0.1) is 11.3 Å². The Bertz CT molecular complexity index is 183. The molecular formula is C10H16O. The zero-order valence-electron chi connectivity index (χ0n) is 7.39. The number of aldehydes is 1. The summed E-state index contributed by atoms with van der Waals surface area (Å²) in [6, 6.07) is 0. The fourth-order valence-electron chi connectivity index (χ4n) is 2.06. The van der Waals surface area contributed by atoms with Crippen molar-refractivity contribution in [3.8, 4) is 0 Å². The average molecular weight is 152 g/mol. The highest BCUT2D eigenvalue weighted by Crippen LogP contribution is 2.51. The highest BCUT2D eigenvalue weighted by Gasteiger charge is 2.42. The normalized spacial score (nSPS) is 36.0. The van der Waals surface area contributed by atoms with Gasteiger partial charge in [0, 0.05) is 6.42 Å². The summed E-state index contributed by atoms with van der Waals surface area (Å²) in [4.78, 5) is 10.4. The first-order valence-electron chi connectivity index (χ1n) is 4.19. The first kappa shape index (κ1) is 8.51. The van der Waals surface area contributed by atoms with Crippen molar-refractivity contribution < 1.29 is 4.79 Å². The maximum absolute atomic E-state index is 10.4. The predicted molar refractivity (Wildman–Crippen MR) is 46.3 cm³/mol. The van der Waals surface area contributed by atoms with Crippen molar-refractivity contribution in [1.29, 1.82) is 0 Å². The minimum Gasteiger partial charge on any atom is -0.303 e. The van der Waals surface area contributed by atoms with Crippen LogP contribution in [0.5, 0.6) is 0 Å². The largest absolute Gasteiger partial charge is 0.303 e. The smallest absolute Gasteiger partial charge is 0.120 e. The predicted octanol–water partition coefficient (Wildman–Crippen LogP) is 2.57. The lowest BCUT2D eigenvalue weighted by Gasteiger charge is -2.47. The van der Waals surface area contributed by atoms with Crippen molar-refractivity contribution in [3.63, 3.8) is 0 Å². The van der Waals surface area contributed by atoms with Crippen molar-refractivity contribution in [2.75, 3.05) is 0 Å². The molecule has 0 aromatic heterocycles. The van der Waals surface area contributed by atoms with Gasteiger partial charge < -0.3 is 4.79 Å². The molecule has 1 aliphatic rings. The fraction of sp³-hybridized carbons (Fsp3) is 0.700. The van der Waals surface area contributed by atoms with Gasteiger partial charge >= 0.3 is 0 Å². The lowest BCUT2D eigenvalue weighted by Crippen LogP contribution is -2.38. The van der Waals surface area contributed by atoms with Gasteiger partial charge in [0.15, 0.2) is 0 Å². The quantitative estimate of drug-likeness (QED) is 0.448. The van der Waals surface area contributed by atoms with Crippen LogP contribution in [-0.4, -0.2) is 6.29 Å². The average Bonchev–Trinajstić information content (AvgIpc) is 1.85. The Morgan fingerprint density at radius 3 is 2.73 bits per heavy atom. The van der Waals surface area contributed by atoms with Crippen LogP contribution >= 0.6 is 0 Å². The third-order valence-electron chi connectivity index (χ3n) is 2.99. The highest BCUT2D eigenvalue weighted by molar-refractivity contribution is 5.51. The fourth-order valence-corrected chi connectivity index (χ4v) is 2.06. The molecule has 1 heteroatoms.